The second-order valence-corrected chi connectivity index (χ2v) is 7.64. The molecule has 0 saturated carbocycles. The molecule has 1 saturated heterocycles. The van der Waals surface area contributed by atoms with Crippen LogP contribution in [0, 0.1) is 0 Å². The van der Waals surface area contributed by atoms with Crippen LogP contribution in [0.2, 0.25) is 0 Å². The van der Waals surface area contributed by atoms with Gasteiger partial charge in [-0.2, -0.15) is 0 Å². The third-order valence-electron chi connectivity index (χ3n) is 5.71. The largest absolute Gasteiger partial charge is 0.352 e. The van der Waals surface area contributed by atoms with Crippen LogP contribution in [0.25, 0.3) is 16.7 Å². The van der Waals surface area contributed by atoms with Crippen LogP contribution >= 0.6 is 0 Å². The molecule has 5 nitrogen and oxygen atoms in total. The number of para-hydroxylation sites is 2. The Bertz CT molecular complexity index is 931. The monoisotopic (exact) mass is 376 g/mol. The molecule has 1 fully saturated rings. The number of aromatic nitrogens is 2. The number of imidazole rings is 1. The smallest absolute Gasteiger partial charge is 0.251 e. The molecule has 2 heterocycles. The molecular weight excluding hydrogens is 348 g/mol. The van der Waals surface area contributed by atoms with Gasteiger partial charge in [0.15, 0.2) is 0 Å². The molecule has 0 radical (unpaired) electrons. The molecule has 0 bridgehead atoms. The maximum atomic E-state index is 12.4. The normalized spacial score (nSPS) is 17.7. The zero-order valence-electron chi connectivity index (χ0n) is 16.5. The summed E-state index contributed by atoms with van der Waals surface area (Å²) >= 11 is 0. The van der Waals surface area contributed by atoms with Gasteiger partial charge >= 0.3 is 0 Å². The Labute approximate surface area is 166 Å². The van der Waals surface area contributed by atoms with Crippen molar-refractivity contribution in [1.82, 2.24) is 19.8 Å². The quantitative estimate of drug-likeness (QED) is 0.661. The molecule has 0 aliphatic carbocycles. The third kappa shape index (κ3) is 4.09. The fourth-order valence-corrected chi connectivity index (χ4v) is 4.01. The molecule has 1 aromatic heterocycles. The first-order chi connectivity index (χ1) is 13.7. The first-order valence-corrected chi connectivity index (χ1v) is 10.3. The van der Waals surface area contributed by atoms with E-state index >= 15 is 0 Å². The molecule has 2 aromatic carbocycles. The lowest BCUT2D eigenvalue weighted by atomic mass is 10.0. The van der Waals surface area contributed by atoms with Crippen LogP contribution in [0.5, 0.6) is 0 Å². The summed E-state index contributed by atoms with van der Waals surface area (Å²) in [5, 5.41) is 3.05. The molecule has 1 aliphatic heterocycles. The summed E-state index contributed by atoms with van der Waals surface area (Å²) < 4.78 is 2.04. The van der Waals surface area contributed by atoms with Crippen molar-refractivity contribution < 1.29 is 4.79 Å². The van der Waals surface area contributed by atoms with Crippen molar-refractivity contribution in [3.05, 3.63) is 60.4 Å². The molecule has 146 valence electrons. The van der Waals surface area contributed by atoms with Crippen molar-refractivity contribution in [3.8, 4) is 5.69 Å². The topological polar surface area (TPSA) is 50.2 Å². The van der Waals surface area contributed by atoms with E-state index in [1.54, 1.807) is 0 Å². The molecule has 1 atom stereocenters. The van der Waals surface area contributed by atoms with E-state index in [0.29, 0.717) is 11.6 Å². The summed E-state index contributed by atoms with van der Waals surface area (Å²) in [6.45, 7) is 5.28. The van der Waals surface area contributed by atoms with E-state index in [9.17, 15) is 4.79 Å². The Kier molecular flexibility index (Phi) is 5.72. The van der Waals surface area contributed by atoms with Crippen LogP contribution in [0.3, 0.4) is 0 Å². The van der Waals surface area contributed by atoms with Crippen molar-refractivity contribution in [1.29, 1.82) is 0 Å². The van der Waals surface area contributed by atoms with E-state index in [1.807, 2.05) is 59.4 Å². The number of hydrogen-bond acceptors (Lipinski definition) is 3. The summed E-state index contributed by atoms with van der Waals surface area (Å²) in [5.41, 5.74) is 3.72. The number of piperidine rings is 1. The van der Waals surface area contributed by atoms with Crippen LogP contribution in [0.1, 0.15) is 43.0 Å². The van der Waals surface area contributed by atoms with E-state index in [-0.39, 0.29) is 5.91 Å². The van der Waals surface area contributed by atoms with Crippen molar-refractivity contribution in [2.75, 3.05) is 19.6 Å². The lowest BCUT2D eigenvalue weighted by Gasteiger charge is -2.33. The van der Waals surface area contributed by atoms with Gasteiger partial charge in [-0.05, 0) is 69.1 Å². The number of likely N-dealkylation sites (tertiary alicyclic amines) is 1. The van der Waals surface area contributed by atoms with Gasteiger partial charge in [-0.15, -0.1) is 0 Å². The highest BCUT2D eigenvalue weighted by Crippen LogP contribution is 2.18. The Morgan fingerprint density at radius 2 is 1.96 bits per heavy atom. The van der Waals surface area contributed by atoms with E-state index in [2.05, 4.69) is 22.1 Å². The van der Waals surface area contributed by atoms with Gasteiger partial charge in [-0.25, -0.2) is 4.98 Å². The molecule has 0 unspecified atom stereocenters. The fourth-order valence-electron chi connectivity index (χ4n) is 4.01. The number of benzene rings is 2. The highest BCUT2D eigenvalue weighted by Gasteiger charge is 2.17. The first-order valence-electron chi connectivity index (χ1n) is 10.3. The number of rotatable bonds is 6. The number of carbonyl (C=O) groups excluding carboxylic acids is 1. The van der Waals surface area contributed by atoms with Crippen LogP contribution in [-0.2, 0) is 0 Å². The van der Waals surface area contributed by atoms with Crippen LogP contribution in [0.15, 0.2) is 54.9 Å². The number of amides is 1. The predicted molar refractivity (Wildman–Crippen MR) is 113 cm³/mol. The molecule has 3 aromatic rings. The Morgan fingerprint density at radius 3 is 2.79 bits per heavy atom. The van der Waals surface area contributed by atoms with Gasteiger partial charge in [0.05, 0.1) is 11.0 Å². The minimum absolute atomic E-state index is 0.00580. The molecule has 5 heteroatoms. The van der Waals surface area contributed by atoms with Crippen molar-refractivity contribution in [2.45, 2.75) is 38.6 Å². The molecule has 28 heavy (non-hydrogen) atoms. The third-order valence-corrected chi connectivity index (χ3v) is 5.71. The number of fused-ring (bicyclic) bond motifs is 1. The summed E-state index contributed by atoms with van der Waals surface area (Å²) in [5.74, 6) is -0.00580. The molecule has 1 aliphatic rings. The second kappa shape index (κ2) is 8.57. The first kappa shape index (κ1) is 18.7. The zero-order chi connectivity index (χ0) is 19.3. The van der Waals surface area contributed by atoms with Gasteiger partial charge in [0.2, 0.25) is 0 Å². The molecule has 0 spiro atoms. The average Bonchev–Trinajstić information content (AvgIpc) is 3.16. The minimum atomic E-state index is -0.00580. The second-order valence-electron chi connectivity index (χ2n) is 7.64. The predicted octanol–water partition coefficient (Wildman–Crippen LogP) is 4.02. The average molecular weight is 377 g/mol. The summed E-state index contributed by atoms with van der Waals surface area (Å²) in [7, 11) is 0. The van der Waals surface area contributed by atoms with Gasteiger partial charge in [0.1, 0.15) is 6.33 Å². The van der Waals surface area contributed by atoms with Gasteiger partial charge in [-0.3, -0.25) is 9.36 Å². The fraction of sp³-hybridized carbons (Fsp3) is 0.391. The van der Waals surface area contributed by atoms with Gasteiger partial charge in [0.25, 0.3) is 5.91 Å². The molecule has 4 rings (SSSR count). The van der Waals surface area contributed by atoms with E-state index in [4.69, 9.17) is 0 Å². The molecular formula is C23H28N4O. The van der Waals surface area contributed by atoms with Gasteiger partial charge in [0, 0.05) is 30.4 Å². The molecule has 1 N–H and O–H groups in total. The highest BCUT2D eigenvalue weighted by atomic mass is 16.1. The minimum Gasteiger partial charge on any atom is -0.352 e. The Hall–Kier alpha value is -2.66. The number of nitrogens with zero attached hydrogens (tertiary/aromatic N) is 3. The standard InChI is InChI=1S/C23H28N4O/c1-18-7-4-5-15-26(18)16-6-14-24-23(28)19-10-12-20(13-11-19)27-17-25-21-8-2-3-9-22(21)27/h2-3,8-13,17-18H,4-7,14-16H2,1H3,(H,24,28)/t18-/m0/s1. The van der Waals surface area contributed by atoms with Crippen molar-refractivity contribution in [2.24, 2.45) is 0 Å². The van der Waals surface area contributed by atoms with E-state index in [0.717, 1.165) is 36.2 Å². The number of carbonyl (C=O) groups is 1. The van der Waals surface area contributed by atoms with Gasteiger partial charge < -0.3 is 10.2 Å². The number of nitrogens with one attached hydrogen (secondary N) is 1. The maximum Gasteiger partial charge on any atom is 0.251 e. The highest BCUT2D eigenvalue weighted by molar-refractivity contribution is 5.94. The van der Waals surface area contributed by atoms with E-state index in [1.165, 1.54) is 25.8 Å². The van der Waals surface area contributed by atoms with Crippen molar-refractivity contribution >= 4 is 16.9 Å². The Balaban J connectivity index is 1.31. The SMILES string of the molecule is C[C@H]1CCCCN1CCCNC(=O)c1ccc(-n2cnc3ccccc32)cc1. The number of hydrogen-bond donors (Lipinski definition) is 1. The van der Waals surface area contributed by atoms with Crippen LogP contribution in [0.4, 0.5) is 0 Å². The lowest BCUT2D eigenvalue weighted by molar-refractivity contribution is 0.0949. The van der Waals surface area contributed by atoms with Crippen molar-refractivity contribution in [3.63, 3.8) is 0 Å². The Morgan fingerprint density at radius 1 is 1.14 bits per heavy atom. The maximum absolute atomic E-state index is 12.4. The van der Waals surface area contributed by atoms with Crippen LogP contribution < -0.4 is 5.32 Å². The summed E-state index contributed by atoms with van der Waals surface area (Å²) in [6, 6.07) is 16.4. The lowest BCUT2D eigenvalue weighted by Crippen LogP contribution is -2.39. The van der Waals surface area contributed by atoms with Crippen LogP contribution in [-0.4, -0.2) is 46.0 Å². The summed E-state index contributed by atoms with van der Waals surface area (Å²) in [6.07, 6.45) is 6.76. The van der Waals surface area contributed by atoms with Gasteiger partial charge in [-0.1, -0.05) is 18.6 Å². The zero-order valence-corrected chi connectivity index (χ0v) is 16.5. The van der Waals surface area contributed by atoms with E-state index < -0.39 is 0 Å². The summed E-state index contributed by atoms with van der Waals surface area (Å²) in [4.78, 5) is 19.4. The molecule has 1 amide bonds.